The number of rotatable bonds is 6. The van der Waals surface area contributed by atoms with Gasteiger partial charge in [-0.3, -0.25) is 19.3 Å². The van der Waals surface area contributed by atoms with Gasteiger partial charge in [0.25, 0.3) is 5.91 Å². The van der Waals surface area contributed by atoms with E-state index in [0.29, 0.717) is 44.3 Å². The maximum absolute atomic E-state index is 12.4. The maximum atomic E-state index is 12.4. The van der Waals surface area contributed by atoms with Gasteiger partial charge in [-0.15, -0.1) is 0 Å². The van der Waals surface area contributed by atoms with Crippen molar-refractivity contribution in [3.63, 3.8) is 0 Å². The van der Waals surface area contributed by atoms with Crippen molar-refractivity contribution in [3.05, 3.63) is 35.4 Å². The van der Waals surface area contributed by atoms with Crippen LogP contribution in [0.2, 0.25) is 0 Å². The number of hydrogen-bond acceptors (Lipinski definition) is 4. The summed E-state index contributed by atoms with van der Waals surface area (Å²) >= 11 is 0. The molecule has 0 radical (unpaired) electrons. The Balaban J connectivity index is 1.39. The van der Waals surface area contributed by atoms with Crippen LogP contribution >= 0.6 is 0 Å². The first-order valence-corrected chi connectivity index (χ1v) is 10.4. The van der Waals surface area contributed by atoms with Crippen molar-refractivity contribution in [1.82, 2.24) is 20.4 Å². The Bertz CT molecular complexity index is 742. The summed E-state index contributed by atoms with van der Waals surface area (Å²) in [5.41, 5.74) is 1.75. The van der Waals surface area contributed by atoms with Gasteiger partial charge in [0.05, 0.1) is 13.1 Å². The van der Waals surface area contributed by atoms with Crippen molar-refractivity contribution in [2.75, 3.05) is 39.3 Å². The third-order valence-corrected chi connectivity index (χ3v) is 5.45. The second kappa shape index (κ2) is 8.95. The molecule has 158 valence electrons. The van der Waals surface area contributed by atoms with Crippen molar-refractivity contribution in [2.45, 2.75) is 45.1 Å². The highest BCUT2D eigenvalue weighted by Gasteiger charge is 2.26. The van der Waals surface area contributed by atoms with Crippen molar-refractivity contribution in [3.8, 4) is 0 Å². The highest BCUT2D eigenvalue weighted by atomic mass is 16.2. The minimum Gasteiger partial charge on any atom is -0.352 e. The summed E-state index contributed by atoms with van der Waals surface area (Å²) in [6.45, 7) is 9.25. The molecule has 2 fully saturated rings. The van der Waals surface area contributed by atoms with Gasteiger partial charge in [0.15, 0.2) is 0 Å². The molecule has 29 heavy (non-hydrogen) atoms. The van der Waals surface area contributed by atoms with E-state index in [1.807, 2.05) is 12.1 Å². The molecule has 2 aliphatic rings. The first-order valence-electron chi connectivity index (χ1n) is 10.4. The SMILES string of the molecule is CC(C)(C)c1ccc(C(=O)NCC(=O)N2CCN(CC(=O)NC3CC3)CC2)cc1. The van der Waals surface area contributed by atoms with Crippen LogP contribution in [0.1, 0.15) is 49.5 Å². The Kier molecular flexibility index (Phi) is 6.57. The third kappa shape index (κ3) is 6.29. The molecule has 3 rings (SSSR count). The number of carbonyl (C=O) groups is 3. The van der Waals surface area contributed by atoms with E-state index in [0.717, 1.165) is 18.4 Å². The lowest BCUT2D eigenvalue weighted by Crippen LogP contribution is -2.53. The van der Waals surface area contributed by atoms with Gasteiger partial charge in [0, 0.05) is 37.8 Å². The number of carbonyl (C=O) groups excluding carboxylic acids is 3. The summed E-state index contributed by atoms with van der Waals surface area (Å²) in [5, 5.41) is 5.70. The molecule has 1 aliphatic heterocycles. The average Bonchev–Trinajstić information content (AvgIpc) is 3.49. The van der Waals surface area contributed by atoms with Crippen molar-refractivity contribution >= 4 is 17.7 Å². The highest BCUT2D eigenvalue weighted by molar-refractivity contribution is 5.96. The molecule has 1 aliphatic carbocycles. The van der Waals surface area contributed by atoms with Crippen LogP contribution in [0.3, 0.4) is 0 Å². The summed E-state index contributed by atoms with van der Waals surface area (Å²) in [6.07, 6.45) is 2.17. The molecular formula is C22H32N4O3. The van der Waals surface area contributed by atoms with E-state index in [-0.39, 0.29) is 29.7 Å². The molecular weight excluding hydrogens is 368 g/mol. The zero-order chi connectivity index (χ0) is 21.0. The number of benzene rings is 1. The molecule has 7 nitrogen and oxygen atoms in total. The van der Waals surface area contributed by atoms with Gasteiger partial charge in [-0.2, -0.15) is 0 Å². The first-order chi connectivity index (χ1) is 13.7. The summed E-state index contributed by atoms with van der Waals surface area (Å²) in [4.78, 5) is 40.4. The van der Waals surface area contributed by atoms with E-state index < -0.39 is 0 Å². The van der Waals surface area contributed by atoms with Crippen molar-refractivity contribution < 1.29 is 14.4 Å². The van der Waals surface area contributed by atoms with Gasteiger partial charge >= 0.3 is 0 Å². The lowest BCUT2D eigenvalue weighted by molar-refractivity contribution is -0.132. The van der Waals surface area contributed by atoms with E-state index in [2.05, 4.69) is 36.3 Å². The normalized spacial score (nSPS) is 17.7. The lowest BCUT2D eigenvalue weighted by atomic mass is 9.87. The fourth-order valence-electron chi connectivity index (χ4n) is 3.35. The highest BCUT2D eigenvalue weighted by Crippen LogP contribution is 2.22. The molecule has 2 N–H and O–H groups in total. The van der Waals surface area contributed by atoms with Gasteiger partial charge in [-0.1, -0.05) is 32.9 Å². The lowest BCUT2D eigenvalue weighted by Gasteiger charge is -2.34. The average molecular weight is 401 g/mol. The van der Waals surface area contributed by atoms with Gasteiger partial charge in [0.1, 0.15) is 0 Å². The van der Waals surface area contributed by atoms with Crippen molar-refractivity contribution in [2.24, 2.45) is 0 Å². The number of nitrogens with one attached hydrogen (secondary N) is 2. The first kappa shape index (κ1) is 21.3. The van der Waals surface area contributed by atoms with Crippen LogP contribution < -0.4 is 10.6 Å². The molecule has 0 atom stereocenters. The molecule has 3 amide bonds. The summed E-state index contributed by atoms with van der Waals surface area (Å²) in [7, 11) is 0. The zero-order valence-corrected chi connectivity index (χ0v) is 17.7. The number of amides is 3. The fraction of sp³-hybridized carbons (Fsp3) is 0.591. The minimum atomic E-state index is -0.241. The Morgan fingerprint density at radius 1 is 1.00 bits per heavy atom. The molecule has 1 heterocycles. The Morgan fingerprint density at radius 2 is 1.62 bits per heavy atom. The Hall–Kier alpha value is -2.41. The van der Waals surface area contributed by atoms with Crippen LogP contribution in [0.15, 0.2) is 24.3 Å². The van der Waals surface area contributed by atoms with E-state index in [1.54, 1.807) is 17.0 Å². The van der Waals surface area contributed by atoms with Gasteiger partial charge in [-0.25, -0.2) is 0 Å². The third-order valence-electron chi connectivity index (χ3n) is 5.45. The van der Waals surface area contributed by atoms with Gasteiger partial charge in [-0.05, 0) is 36.0 Å². The van der Waals surface area contributed by atoms with Crippen molar-refractivity contribution in [1.29, 1.82) is 0 Å². The van der Waals surface area contributed by atoms with E-state index >= 15 is 0 Å². The van der Waals surface area contributed by atoms with Crippen LogP contribution in [-0.2, 0) is 15.0 Å². The van der Waals surface area contributed by atoms with E-state index in [1.165, 1.54) is 0 Å². The predicted octanol–water partition coefficient (Wildman–Crippen LogP) is 1.14. The molecule has 1 saturated heterocycles. The molecule has 0 bridgehead atoms. The fourth-order valence-corrected chi connectivity index (χ4v) is 3.35. The molecule has 0 aromatic heterocycles. The molecule has 1 saturated carbocycles. The second-order valence-electron chi connectivity index (χ2n) is 9.01. The smallest absolute Gasteiger partial charge is 0.251 e. The molecule has 7 heteroatoms. The molecule has 0 unspecified atom stereocenters. The quantitative estimate of drug-likeness (QED) is 0.750. The van der Waals surface area contributed by atoms with Crippen LogP contribution in [0, 0.1) is 0 Å². The molecule has 1 aromatic carbocycles. The minimum absolute atomic E-state index is 0.0119. The number of hydrogen-bond donors (Lipinski definition) is 2. The monoisotopic (exact) mass is 400 g/mol. The van der Waals surface area contributed by atoms with Crippen LogP contribution in [0.5, 0.6) is 0 Å². The maximum Gasteiger partial charge on any atom is 0.251 e. The summed E-state index contributed by atoms with van der Waals surface area (Å²) in [6, 6.07) is 7.88. The molecule has 1 aromatic rings. The number of piperazine rings is 1. The van der Waals surface area contributed by atoms with Crippen LogP contribution in [0.4, 0.5) is 0 Å². The standard InChI is InChI=1S/C22H32N4O3/c1-22(2,3)17-6-4-16(5-7-17)21(29)23-14-20(28)26-12-10-25(11-13-26)15-19(27)24-18-8-9-18/h4-7,18H,8-15H2,1-3H3,(H,23,29)(H,24,27). The van der Waals surface area contributed by atoms with Crippen LogP contribution in [-0.4, -0.2) is 72.8 Å². The number of nitrogens with zero attached hydrogens (tertiary/aromatic N) is 2. The van der Waals surface area contributed by atoms with E-state index in [4.69, 9.17) is 0 Å². The van der Waals surface area contributed by atoms with E-state index in [9.17, 15) is 14.4 Å². The Morgan fingerprint density at radius 3 is 2.17 bits per heavy atom. The summed E-state index contributed by atoms with van der Waals surface area (Å²) in [5.74, 6) is -0.266. The predicted molar refractivity (Wildman–Crippen MR) is 112 cm³/mol. The second-order valence-corrected chi connectivity index (χ2v) is 9.01. The van der Waals surface area contributed by atoms with Gasteiger partial charge < -0.3 is 15.5 Å². The van der Waals surface area contributed by atoms with Gasteiger partial charge in [0.2, 0.25) is 11.8 Å². The molecule has 0 spiro atoms. The van der Waals surface area contributed by atoms with Crippen LogP contribution in [0.25, 0.3) is 0 Å². The topological polar surface area (TPSA) is 81.8 Å². The summed E-state index contributed by atoms with van der Waals surface area (Å²) < 4.78 is 0. The zero-order valence-electron chi connectivity index (χ0n) is 17.7. The Labute approximate surface area is 172 Å². The largest absolute Gasteiger partial charge is 0.352 e.